The third kappa shape index (κ3) is 1.54. The zero-order valence-corrected chi connectivity index (χ0v) is 5.71. The van der Waals surface area contributed by atoms with Crippen molar-refractivity contribution in [2.45, 2.75) is 18.9 Å². The van der Waals surface area contributed by atoms with Gasteiger partial charge < -0.3 is 5.73 Å². The molecule has 0 bridgehead atoms. The molecule has 0 aromatic heterocycles. The van der Waals surface area contributed by atoms with Crippen molar-refractivity contribution >= 4 is 6.29 Å². The Balaban J connectivity index is 2.62. The molecular formula is C8H10NO. The summed E-state index contributed by atoms with van der Waals surface area (Å²) in [6, 6.07) is -0.545. The average Bonchev–Trinajstić information content (AvgIpc) is 2.05. The lowest BCUT2D eigenvalue weighted by Crippen LogP contribution is -2.23. The van der Waals surface area contributed by atoms with Crippen LogP contribution in [0.1, 0.15) is 12.8 Å². The fourth-order valence-electron chi connectivity index (χ4n) is 0.932. The molecule has 2 nitrogen and oxygen atoms in total. The van der Waals surface area contributed by atoms with Crippen molar-refractivity contribution in [1.82, 2.24) is 0 Å². The highest BCUT2D eigenvalue weighted by atomic mass is 16.1. The van der Waals surface area contributed by atoms with Crippen LogP contribution in [0.2, 0.25) is 0 Å². The number of hydrogen-bond acceptors (Lipinski definition) is 2. The number of rotatable bonds is 2. The van der Waals surface area contributed by atoms with Crippen LogP contribution in [0.4, 0.5) is 0 Å². The normalized spacial score (nSPS) is 19.9. The summed E-state index contributed by atoms with van der Waals surface area (Å²) in [5.41, 5.74) is 6.29. The topological polar surface area (TPSA) is 43.1 Å². The van der Waals surface area contributed by atoms with Gasteiger partial charge in [0.15, 0.2) is 0 Å². The predicted octanol–water partition coefficient (Wildman–Crippen LogP) is 0.700. The molecule has 0 spiro atoms. The molecule has 2 N–H and O–H groups in total. The molecule has 2 heteroatoms. The van der Waals surface area contributed by atoms with Crippen molar-refractivity contribution in [2.75, 3.05) is 0 Å². The van der Waals surface area contributed by atoms with Gasteiger partial charge in [-0.15, -0.1) is 0 Å². The van der Waals surface area contributed by atoms with E-state index >= 15 is 0 Å². The second-order valence-electron chi connectivity index (χ2n) is 2.28. The van der Waals surface area contributed by atoms with E-state index in [1.54, 1.807) is 6.29 Å². The van der Waals surface area contributed by atoms with E-state index in [9.17, 15) is 4.79 Å². The smallest absolute Gasteiger partial charge is 0.221 e. The zero-order chi connectivity index (χ0) is 7.40. The first kappa shape index (κ1) is 7.22. The van der Waals surface area contributed by atoms with Crippen LogP contribution < -0.4 is 5.73 Å². The molecule has 1 aliphatic carbocycles. The second-order valence-corrected chi connectivity index (χ2v) is 2.28. The van der Waals surface area contributed by atoms with Crippen LogP contribution in [0.25, 0.3) is 0 Å². The fourth-order valence-corrected chi connectivity index (χ4v) is 0.932. The molecule has 1 rings (SSSR count). The third-order valence-electron chi connectivity index (χ3n) is 1.51. The molecule has 0 aliphatic heterocycles. The van der Waals surface area contributed by atoms with E-state index in [4.69, 9.17) is 5.73 Å². The molecule has 0 saturated carbocycles. The van der Waals surface area contributed by atoms with Gasteiger partial charge in [0.1, 0.15) is 0 Å². The molecule has 0 saturated heterocycles. The van der Waals surface area contributed by atoms with Gasteiger partial charge in [0.05, 0.1) is 6.04 Å². The van der Waals surface area contributed by atoms with Crippen LogP contribution in [-0.2, 0) is 4.79 Å². The Bertz CT molecular complexity index is 182. The van der Waals surface area contributed by atoms with Crippen molar-refractivity contribution in [3.8, 4) is 0 Å². The Kier molecular flexibility index (Phi) is 2.40. The van der Waals surface area contributed by atoms with Crippen molar-refractivity contribution in [1.29, 1.82) is 0 Å². The Morgan fingerprint density at radius 3 is 2.90 bits per heavy atom. The molecule has 0 heterocycles. The minimum Gasteiger partial charge on any atom is -0.317 e. The monoisotopic (exact) mass is 136 g/mol. The van der Waals surface area contributed by atoms with Crippen LogP contribution in [0.3, 0.4) is 0 Å². The number of nitrogens with two attached hydrogens (primary N) is 1. The maximum atomic E-state index is 10.1. The minimum atomic E-state index is -0.545. The Labute approximate surface area is 60.4 Å². The van der Waals surface area contributed by atoms with E-state index in [0.717, 1.165) is 18.4 Å². The maximum Gasteiger partial charge on any atom is 0.221 e. The van der Waals surface area contributed by atoms with Gasteiger partial charge in [0.2, 0.25) is 6.29 Å². The first-order valence-corrected chi connectivity index (χ1v) is 3.34. The van der Waals surface area contributed by atoms with Crippen LogP contribution in [0.15, 0.2) is 23.8 Å². The lowest BCUT2D eigenvalue weighted by Gasteiger charge is -2.07. The lowest BCUT2D eigenvalue weighted by atomic mass is 10.0. The molecule has 0 aromatic carbocycles. The van der Waals surface area contributed by atoms with Crippen molar-refractivity contribution < 1.29 is 4.79 Å². The van der Waals surface area contributed by atoms with Gasteiger partial charge in [0, 0.05) is 0 Å². The van der Waals surface area contributed by atoms with Crippen LogP contribution >= 0.6 is 0 Å². The van der Waals surface area contributed by atoms with Gasteiger partial charge in [-0.05, 0) is 18.4 Å². The van der Waals surface area contributed by atoms with Crippen LogP contribution in [0, 0.1) is 0 Å². The highest BCUT2D eigenvalue weighted by molar-refractivity contribution is 5.65. The fraction of sp³-hybridized carbons (Fsp3) is 0.375. The summed E-state index contributed by atoms with van der Waals surface area (Å²) in [5, 5.41) is 0. The third-order valence-corrected chi connectivity index (χ3v) is 1.51. The van der Waals surface area contributed by atoms with Gasteiger partial charge in [-0.2, -0.15) is 0 Å². The SMILES string of the molecule is NC([C]=O)C1=CCCC=C1. The number of carbonyl (C=O) groups excluding carboxylic acids is 1. The van der Waals surface area contributed by atoms with Crippen LogP contribution in [-0.4, -0.2) is 12.3 Å². The van der Waals surface area contributed by atoms with Crippen LogP contribution in [0.5, 0.6) is 0 Å². The van der Waals surface area contributed by atoms with E-state index in [1.807, 2.05) is 18.2 Å². The molecule has 53 valence electrons. The summed E-state index contributed by atoms with van der Waals surface area (Å²) < 4.78 is 0. The average molecular weight is 136 g/mol. The molecular weight excluding hydrogens is 126 g/mol. The van der Waals surface area contributed by atoms with Gasteiger partial charge in [-0.3, -0.25) is 4.79 Å². The van der Waals surface area contributed by atoms with E-state index in [-0.39, 0.29) is 0 Å². The summed E-state index contributed by atoms with van der Waals surface area (Å²) in [4.78, 5) is 10.1. The number of hydrogen-bond donors (Lipinski definition) is 1. The molecule has 0 amide bonds. The molecule has 10 heavy (non-hydrogen) atoms. The van der Waals surface area contributed by atoms with Crippen molar-refractivity contribution in [2.24, 2.45) is 5.73 Å². The summed E-state index contributed by atoms with van der Waals surface area (Å²) in [5.74, 6) is 0. The molecule has 1 radical (unpaired) electrons. The highest BCUT2D eigenvalue weighted by Gasteiger charge is 2.06. The van der Waals surface area contributed by atoms with Crippen molar-refractivity contribution in [3.63, 3.8) is 0 Å². The first-order chi connectivity index (χ1) is 4.84. The summed E-state index contributed by atoms with van der Waals surface area (Å²) >= 11 is 0. The highest BCUT2D eigenvalue weighted by Crippen LogP contribution is 2.10. The number of allylic oxidation sites excluding steroid dienone is 2. The first-order valence-electron chi connectivity index (χ1n) is 3.34. The van der Waals surface area contributed by atoms with E-state index < -0.39 is 6.04 Å². The van der Waals surface area contributed by atoms with E-state index in [0.29, 0.717) is 0 Å². The Hall–Kier alpha value is -0.890. The quantitative estimate of drug-likeness (QED) is 0.607. The molecule has 1 aliphatic rings. The van der Waals surface area contributed by atoms with Gasteiger partial charge in [-0.25, -0.2) is 0 Å². The summed E-state index contributed by atoms with van der Waals surface area (Å²) in [6.45, 7) is 0. The molecule has 0 fully saturated rings. The molecule has 1 atom stereocenters. The zero-order valence-electron chi connectivity index (χ0n) is 5.71. The summed E-state index contributed by atoms with van der Waals surface area (Å²) in [6.07, 6.45) is 9.67. The standard InChI is InChI=1S/C8H10NO/c9-8(6-10)7-4-2-1-3-5-7/h2,4-5,8H,1,3,9H2. The largest absolute Gasteiger partial charge is 0.317 e. The van der Waals surface area contributed by atoms with Gasteiger partial charge >= 0.3 is 0 Å². The van der Waals surface area contributed by atoms with Crippen molar-refractivity contribution in [3.05, 3.63) is 23.8 Å². The predicted molar refractivity (Wildman–Crippen MR) is 40.1 cm³/mol. The Morgan fingerprint density at radius 2 is 2.40 bits per heavy atom. The van der Waals surface area contributed by atoms with E-state index in [1.165, 1.54) is 0 Å². The van der Waals surface area contributed by atoms with Gasteiger partial charge in [0.25, 0.3) is 0 Å². The molecule has 0 aromatic rings. The lowest BCUT2D eigenvalue weighted by molar-refractivity contribution is 0.548. The van der Waals surface area contributed by atoms with Gasteiger partial charge in [-0.1, -0.05) is 18.2 Å². The minimum absolute atomic E-state index is 0.545. The maximum absolute atomic E-state index is 10.1. The van der Waals surface area contributed by atoms with E-state index in [2.05, 4.69) is 0 Å². The second kappa shape index (κ2) is 3.32. The summed E-state index contributed by atoms with van der Waals surface area (Å²) in [7, 11) is 0. The Morgan fingerprint density at radius 1 is 1.60 bits per heavy atom. The molecule has 1 unspecified atom stereocenters.